The van der Waals surface area contributed by atoms with E-state index in [0.717, 1.165) is 30.4 Å². The molecule has 184 valence electrons. The van der Waals surface area contributed by atoms with Gasteiger partial charge < -0.3 is 20.3 Å². The lowest BCUT2D eigenvalue weighted by Crippen LogP contribution is -2.54. The van der Waals surface area contributed by atoms with Crippen LogP contribution in [0.15, 0.2) is 24.3 Å². The minimum absolute atomic E-state index is 0.0800. The highest BCUT2D eigenvalue weighted by molar-refractivity contribution is 7.80. The molecule has 33 heavy (non-hydrogen) atoms. The molecule has 1 aromatic rings. The Hall–Kier alpha value is -2.22. The SMILES string of the molecule is CCCCNC(=O)C(c1ccc(C)cc1)N(C(=O)C(CS)NC(=O)OC(C)(C)C)C1CC1C. The lowest BCUT2D eigenvalue weighted by atomic mass is 10.0. The van der Waals surface area contributed by atoms with Gasteiger partial charge >= 0.3 is 6.09 Å². The first-order valence-electron chi connectivity index (χ1n) is 11.7. The molecule has 1 saturated carbocycles. The minimum atomic E-state index is -0.910. The van der Waals surface area contributed by atoms with Gasteiger partial charge in [-0.15, -0.1) is 0 Å². The second-order valence-corrected chi connectivity index (χ2v) is 10.2. The van der Waals surface area contributed by atoms with E-state index in [2.05, 4.69) is 37.1 Å². The summed E-state index contributed by atoms with van der Waals surface area (Å²) >= 11 is 4.32. The highest BCUT2D eigenvalue weighted by Gasteiger charge is 2.48. The number of aryl methyl sites for hydroxylation is 1. The van der Waals surface area contributed by atoms with Crippen LogP contribution >= 0.6 is 12.6 Å². The number of hydrogen-bond donors (Lipinski definition) is 3. The number of ether oxygens (including phenoxy) is 1. The van der Waals surface area contributed by atoms with Crippen molar-refractivity contribution in [2.24, 2.45) is 5.92 Å². The zero-order valence-corrected chi connectivity index (χ0v) is 21.6. The number of alkyl carbamates (subject to hydrolysis) is 1. The van der Waals surface area contributed by atoms with Gasteiger partial charge in [0.1, 0.15) is 17.7 Å². The standard InChI is InChI=1S/C25H39N3O4S/c1-7-8-13-26-22(29)21(18-11-9-16(2)10-12-18)28(20-14-17(20)3)23(30)19(15-33)27-24(31)32-25(4,5)6/h9-12,17,19-21,33H,7-8,13-15H2,1-6H3,(H,26,29)(H,27,31). The van der Waals surface area contributed by atoms with Gasteiger partial charge in [-0.3, -0.25) is 9.59 Å². The molecule has 0 bridgehead atoms. The van der Waals surface area contributed by atoms with Crippen molar-refractivity contribution in [1.29, 1.82) is 0 Å². The van der Waals surface area contributed by atoms with E-state index in [-0.39, 0.29) is 29.5 Å². The number of carbonyl (C=O) groups excluding carboxylic acids is 3. The Labute approximate surface area is 203 Å². The quantitative estimate of drug-likeness (QED) is 0.351. The van der Waals surface area contributed by atoms with Gasteiger partial charge in [-0.2, -0.15) is 12.6 Å². The van der Waals surface area contributed by atoms with Crippen LogP contribution in [0.4, 0.5) is 4.79 Å². The van der Waals surface area contributed by atoms with Crippen LogP contribution in [-0.2, 0) is 14.3 Å². The first-order chi connectivity index (χ1) is 15.5. The van der Waals surface area contributed by atoms with Gasteiger partial charge in [0.25, 0.3) is 0 Å². The first kappa shape index (κ1) is 27.0. The Kier molecular flexibility index (Phi) is 9.64. The zero-order chi connectivity index (χ0) is 24.8. The van der Waals surface area contributed by atoms with Gasteiger partial charge in [0, 0.05) is 18.3 Å². The molecule has 0 radical (unpaired) electrons. The van der Waals surface area contributed by atoms with Crippen LogP contribution in [0, 0.1) is 12.8 Å². The van der Waals surface area contributed by atoms with Crippen molar-refractivity contribution in [3.8, 4) is 0 Å². The maximum Gasteiger partial charge on any atom is 0.408 e. The van der Waals surface area contributed by atoms with E-state index in [1.807, 2.05) is 31.2 Å². The van der Waals surface area contributed by atoms with Gasteiger partial charge in [0.15, 0.2) is 0 Å². The van der Waals surface area contributed by atoms with Crippen molar-refractivity contribution in [2.75, 3.05) is 12.3 Å². The molecule has 2 N–H and O–H groups in total. The van der Waals surface area contributed by atoms with E-state index in [9.17, 15) is 14.4 Å². The molecule has 3 amide bonds. The fourth-order valence-corrected chi connectivity index (χ4v) is 3.91. The predicted octanol–water partition coefficient (Wildman–Crippen LogP) is 4.01. The Morgan fingerprint density at radius 1 is 1.21 bits per heavy atom. The van der Waals surface area contributed by atoms with Crippen LogP contribution in [0.5, 0.6) is 0 Å². The highest BCUT2D eigenvalue weighted by atomic mass is 32.1. The van der Waals surface area contributed by atoms with Crippen molar-refractivity contribution in [1.82, 2.24) is 15.5 Å². The smallest absolute Gasteiger partial charge is 0.408 e. The number of benzene rings is 1. The molecule has 7 nitrogen and oxygen atoms in total. The van der Waals surface area contributed by atoms with Crippen LogP contribution in [0.2, 0.25) is 0 Å². The molecule has 1 fully saturated rings. The summed E-state index contributed by atoms with van der Waals surface area (Å²) in [6.07, 6.45) is 1.94. The minimum Gasteiger partial charge on any atom is -0.444 e. The van der Waals surface area contributed by atoms with E-state index in [1.165, 1.54) is 0 Å². The largest absolute Gasteiger partial charge is 0.444 e. The molecule has 4 atom stereocenters. The maximum atomic E-state index is 13.7. The van der Waals surface area contributed by atoms with E-state index in [1.54, 1.807) is 25.7 Å². The monoisotopic (exact) mass is 477 g/mol. The molecule has 0 aliphatic heterocycles. The van der Waals surface area contributed by atoms with Crippen LogP contribution in [0.3, 0.4) is 0 Å². The number of hydrogen-bond acceptors (Lipinski definition) is 5. The first-order valence-corrected chi connectivity index (χ1v) is 12.4. The summed E-state index contributed by atoms with van der Waals surface area (Å²) in [5, 5.41) is 5.64. The van der Waals surface area contributed by atoms with E-state index < -0.39 is 23.8 Å². The van der Waals surface area contributed by atoms with E-state index in [0.29, 0.717) is 6.54 Å². The summed E-state index contributed by atoms with van der Waals surface area (Å²) in [7, 11) is 0. The van der Waals surface area contributed by atoms with Crippen LogP contribution in [0.25, 0.3) is 0 Å². The number of unbranched alkanes of at least 4 members (excludes halogenated alkanes) is 1. The summed E-state index contributed by atoms with van der Waals surface area (Å²) in [5.74, 6) is -0.183. The molecule has 0 saturated heterocycles. The number of amides is 3. The second-order valence-electron chi connectivity index (χ2n) is 9.87. The molecule has 2 rings (SSSR count). The lowest BCUT2D eigenvalue weighted by molar-refractivity contribution is -0.143. The van der Waals surface area contributed by atoms with Crippen molar-refractivity contribution in [2.45, 2.75) is 84.5 Å². The Bertz CT molecular complexity index is 822. The summed E-state index contributed by atoms with van der Waals surface area (Å²) < 4.78 is 5.33. The molecular formula is C25H39N3O4S. The predicted molar refractivity (Wildman–Crippen MR) is 133 cm³/mol. The summed E-state index contributed by atoms with van der Waals surface area (Å²) in [5.41, 5.74) is 1.13. The Morgan fingerprint density at radius 2 is 1.82 bits per heavy atom. The summed E-state index contributed by atoms with van der Waals surface area (Å²) in [6, 6.07) is 5.89. The lowest BCUT2D eigenvalue weighted by Gasteiger charge is -2.34. The average molecular weight is 478 g/mol. The van der Waals surface area contributed by atoms with E-state index in [4.69, 9.17) is 4.74 Å². The molecule has 1 aliphatic rings. The van der Waals surface area contributed by atoms with Crippen LogP contribution in [-0.4, -0.2) is 52.8 Å². The Morgan fingerprint density at radius 3 is 2.30 bits per heavy atom. The van der Waals surface area contributed by atoms with Gasteiger partial charge in [0.2, 0.25) is 11.8 Å². The summed E-state index contributed by atoms with van der Waals surface area (Å²) in [6.45, 7) is 11.9. The number of nitrogens with one attached hydrogen (secondary N) is 2. The third-order valence-corrected chi connectivity index (χ3v) is 5.96. The van der Waals surface area contributed by atoms with Crippen molar-refractivity contribution >= 4 is 30.5 Å². The highest BCUT2D eigenvalue weighted by Crippen LogP contribution is 2.40. The normalized spacial score (nSPS) is 19.2. The molecule has 1 aliphatic carbocycles. The third kappa shape index (κ3) is 7.95. The Balaban J connectivity index is 2.36. The number of thiol groups is 1. The molecular weight excluding hydrogens is 438 g/mol. The van der Waals surface area contributed by atoms with Crippen LogP contribution in [0.1, 0.15) is 71.0 Å². The second kappa shape index (κ2) is 11.8. The molecule has 8 heteroatoms. The van der Waals surface area contributed by atoms with Crippen LogP contribution < -0.4 is 10.6 Å². The fraction of sp³-hybridized carbons (Fsp3) is 0.640. The fourth-order valence-electron chi connectivity index (χ4n) is 3.66. The topological polar surface area (TPSA) is 87.7 Å². The third-order valence-electron chi connectivity index (χ3n) is 5.60. The maximum absolute atomic E-state index is 13.7. The number of rotatable bonds is 10. The molecule has 0 aromatic heterocycles. The number of carbonyl (C=O) groups is 3. The van der Waals surface area contributed by atoms with Crippen molar-refractivity contribution in [3.05, 3.63) is 35.4 Å². The molecule has 1 aromatic carbocycles. The number of nitrogens with zero attached hydrogens (tertiary/aromatic N) is 1. The molecule has 0 spiro atoms. The van der Waals surface area contributed by atoms with Gasteiger partial charge in [-0.05, 0) is 52.0 Å². The zero-order valence-electron chi connectivity index (χ0n) is 20.7. The summed E-state index contributed by atoms with van der Waals surface area (Å²) in [4.78, 5) is 41.1. The molecule has 4 unspecified atom stereocenters. The van der Waals surface area contributed by atoms with Gasteiger partial charge in [-0.25, -0.2) is 4.79 Å². The molecule has 0 heterocycles. The van der Waals surface area contributed by atoms with Crippen molar-refractivity contribution < 1.29 is 19.1 Å². The van der Waals surface area contributed by atoms with E-state index >= 15 is 0 Å². The van der Waals surface area contributed by atoms with Gasteiger partial charge in [0.05, 0.1) is 0 Å². The average Bonchev–Trinajstić information content (AvgIpc) is 3.45. The van der Waals surface area contributed by atoms with Crippen molar-refractivity contribution in [3.63, 3.8) is 0 Å². The van der Waals surface area contributed by atoms with Gasteiger partial charge in [-0.1, -0.05) is 50.1 Å².